The molecule has 0 radical (unpaired) electrons. The summed E-state index contributed by atoms with van der Waals surface area (Å²) in [6, 6.07) is 4.63. The van der Waals surface area contributed by atoms with Gasteiger partial charge in [0.2, 0.25) is 5.88 Å². The van der Waals surface area contributed by atoms with Gasteiger partial charge in [-0.2, -0.15) is 0 Å². The lowest BCUT2D eigenvalue weighted by Gasteiger charge is -2.17. The van der Waals surface area contributed by atoms with Crippen molar-refractivity contribution in [1.82, 2.24) is 19.2 Å². The lowest BCUT2D eigenvalue weighted by atomic mass is 10.3. The molecule has 1 atom stereocenters. The number of pyridine rings is 2. The van der Waals surface area contributed by atoms with Crippen LogP contribution in [-0.2, 0) is 11.8 Å². The number of halogens is 1. The maximum atomic E-state index is 14.4. The summed E-state index contributed by atoms with van der Waals surface area (Å²) in [4.78, 5) is 30.5. The smallest absolute Gasteiger partial charge is 0.350 e. The number of anilines is 1. The van der Waals surface area contributed by atoms with Gasteiger partial charge in [-0.3, -0.25) is 4.79 Å². The average molecular weight is 413 g/mol. The van der Waals surface area contributed by atoms with E-state index in [1.165, 1.54) is 43.2 Å². The summed E-state index contributed by atoms with van der Waals surface area (Å²) in [6.07, 6.45) is 5.07. The lowest BCUT2D eigenvalue weighted by Crippen LogP contribution is -2.32. The number of aryl methyl sites for hydroxylation is 1. The minimum absolute atomic E-state index is 0.0826. The first kappa shape index (κ1) is 18.6. The van der Waals surface area contributed by atoms with Crippen molar-refractivity contribution < 1.29 is 18.7 Å². The minimum atomic E-state index is -0.714. The summed E-state index contributed by atoms with van der Waals surface area (Å²) < 4.78 is 27.9. The summed E-state index contributed by atoms with van der Waals surface area (Å²) >= 11 is 0. The first-order chi connectivity index (χ1) is 14.5. The van der Waals surface area contributed by atoms with Crippen LogP contribution in [0, 0.1) is 11.7 Å². The Labute approximate surface area is 170 Å². The molecule has 3 aromatic heterocycles. The molecule has 5 rings (SSSR count). The van der Waals surface area contributed by atoms with Crippen molar-refractivity contribution in [3.05, 3.63) is 46.9 Å². The molecule has 1 amide bonds. The molecule has 2 fully saturated rings. The molecule has 1 saturated heterocycles. The third kappa shape index (κ3) is 3.38. The molecule has 1 aliphatic carbocycles. The van der Waals surface area contributed by atoms with Gasteiger partial charge in [-0.1, -0.05) is 0 Å². The first-order valence-electron chi connectivity index (χ1n) is 9.81. The molecule has 0 bridgehead atoms. The van der Waals surface area contributed by atoms with E-state index in [0.717, 1.165) is 9.08 Å². The van der Waals surface area contributed by atoms with Gasteiger partial charge in [0, 0.05) is 38.3 Å². The quantitative estimate of drug-likeness (QED) is 0.609. The van der Waals surface area contributed by atoms with E-state index in [1.54, 1.807) is 12.1 Å². The van der Waals surface area contributed by atoms with Crippen molar-refractivity contribution >= 4 is 17.2 Å². The highest BCUT2D eigenvalue weighted by Crippen LogP contribution is 2.30. The molecule has 0 aromatic carbocycles. The normalized spacial score (nSPS) is 18.9. The molecule has 30 heavy (non-hydrogen) atoms. The van der Waals surface area contributed by atoms with Crippen LogP contribution in [0.5, 0.6) is 11.6 Å². The van der Waals surface area contributed by atoms with Crippen molar-refractivity contribution in [2.45, 2.75) is 25.4 Å². The van der Waals surface area contributed by atoms with Crippen LogP contribution in [0.4, 0.5) is 10.1 Å². The van der Waals surface area contributed by atoms with Crippen molar-refractivity contribution in [1.29, 1.82) is 0 Å². The summed E-state index contributed by atoms with van der Waals surface area (Å²) in [5.74, 6) is 0.642. The Morgan fingerprint density at radius 3 is 2.80 bits per heavy atom. The van der Waals surface area contributed by atoms with E-state index in [9.17, 15) is 14.0 Å². The van der Waals surface area contributed by atoms with Crippen LogP contribution in [0.2, 0.25) is 0 Å². The molecule has 4 heterocycles. The second-order valence-corrected chi connectivity index (χ2v) is 7.62. The zero-order chi connectivity index (χ0) is 20.8. The molecular formula is C20H20FN5O4. The number of amides is 1. The third-order valence-corrected chi connectivity index (χ3v) is 5.32. The maximum Gasteiger partial charge on any atom is 0.350 e. The summed E-state index contributed by atoms with van der Waals surface area (Å²) in [7, 11) is 1.44. The second kappa shape index (κ2) is 7.12. The average Bonchev–Trinajstić information content (AvgIpc) is 3.44. The monoisotopic (exact) mass is 413 g/mol. The molecule has 0 N–H and O–H groups in total. The van der Waals surface area contributed by atoms with E-state index in [0.29, 0.717) is 37.1 Å². The molecule has 10 heteroatoms. The van der Waals surface area contributed by atoms with Crippen LogP contribution in [0.25, 0.3) is 5.65 Å². The number of hydrogen-bond acceptors (Lipinski definition) is 6. The van der Waals surface area contributed by atoms with Gasteiger partial charge in [0.05, 0.1) is 18.5 Å². The molecule has 2 aliphatic rings. The van der Waals surface area contributed by atoms with Crippen molar-refractivity contribution in [2.24, 2.45) is 13.0 Å². The van der Waals surface area contributed by atoms with Gasteiger partial charge in [-0.15, -0.1) is 5.10 Å². The molecular weight excluding hydrogens is 393 g/mol. The predicted molar refractivity (Wildman–Crippen MR) is 104 cm³/mol. The Morgan fingerprint density at radius 1 is 1.23 bits per heavy atom. The zero-order valence-electron chi connectivity index (χ0n) is 16.3. The highest BCUT2D eigenvalue weighted by Gasteiger charge is 2.35. The van der Waals surface area contributed by atoms with E-state index < -0.39 is 17.6 Å². The second-order valence-electron chi connectivity index (χ2n) is 7.62. The molecule has 156 valence electrons. The standard InChI is InChI=1S/C20H20FN5O4/c1-24-20(28)26-10-13(8-15(21)18(26)23-24)25-7-6-16(19(25)27)30-14-4-5-17(22-9-14)29-11-12-2-3-12/h4-5,8-10,12,16H,2-3,6-7,11H2,1H3/t16-/m1/s1. The topological polar surface area (TPSA) is 91.0 Å². The first-order valence-corrected chi connectivity index (χ1v) is 9.81. The van der Waals surface area contributed by atoms with Gasteiger partial charge >= 0.3 is 5.69 Å². The number of hydrogen-bond donors (Lipinski definition) is 0. The maximum absolute atomic E-state index is 14.4. The number of rotatable bonds is 6. The number of fused-ring (bicyclic) bond motifs is 1. The van der Waals surface area contributed by atoms with Gasteiger partial charge < -0.3 is 14.4 Å². The number of ether oxygens (including phenoxy) is 2. The van der Waals surface area contributed by atoms with Crippen LogP contribution >= 0.6 is 0 Å². The van der Waals surface area contributed by atoms with Crippen LogP contribution in [0.3, 0.4) is 0 Å². The fraction of sp³-hybridized carbons (Fsp3) is 0.400. The van der Waals surface area contributed by atoms with Crippen molar-refractivity contribution in [2.75, 3.05) is 18.1 Å². The number of carbonyl (C=O) groups is 1. The summed E-state index contributed by atoms with van der Waals surface area (Å²) in [5.41, 5.74) is -0.283. The molecule has 9 nitrogen and oxygen atoms in total. The van der Waals surface area contributed by atoms with Gasteiger partial charge in [0.15, 0.2) is 17.6 Å². The summed E-state index contributed by atoms with van der Waals surface area (Å²) in [6.45, 7) is 1.02. The molecule has 0 unspecified atom stereocenters. The molecule has 3 aromatic rings. The van der Waals surface area contributed by atoms with E-state index in [4.69, 9.17) is 9.47 Å². The largest absolute Gasteiger partial charge is 0.479 e. The van der Waals surface area contributed by atoms with Crippen LogP contribution in [0.15, 0.2) is 35.4 Å². The number of nitrogens with zero attached hydrogens (tertiary/aromatic N) is 5. The molecule has 1 aliphatic heterocycles. The zero-order valence-corrected chi connectivity index (χ0v) is 16.3. The Morgan fingerprint density at radius 2 is 2.07 bits per heavy atom. The van der Waals surface area contributed by atoms with Crippen molar-refractivity contribution in [3.8, 4) is 11.6 Å². The lowest BCUT2D eigenvalue weighted by molar-refractivity contribution is -0.122. The van der Waals surface area contributed by atoms with E-state index in [-0.39, 0.29) is 17.2 Å². The number of carbonyl (C=O) groups excluding carboxylic acids is 1. The Balaban J connectivity index is 1.30. The van der Waals surface area contributed by atoms with Gasteiger partial charge in [0.1, 0.15) is 5.75 Å². The molecule has 0 spiro atoms. The third-order valence-electron chi connectivity index (χ3n) is 5.32. The van der Waals surface area contributed by atoms with Gasteiger partial charge in [0.25, 0.3) is 5.91 Å². The van der Waals surface area contributed by atoms with E-state index in [1.807, 2.05) is 0 Å². The Bertz CT molecular complexity index is 1170. The van der Waals surface area contributed by atoms with E-state index in [2.05, 4.69) is 10.1 Å². The predicted octanol–water partition coefficient (Wildman–Crippen LogP) is 1.54. The van der Waals surface area contributed by atoms with Crippen LogP contribution in [0.1, 0.15) is 19.3 Å². The molecule has 1 saturated carbocycles. The highest BCUT2D eigenvalue weighted by atomic mass is 19.1. The van der Waals surface area contributed by atoms with Gasteiger partial charge in [-0.25, -0.2) is 23.3 Å². The van der Waals surface area contributed by atoms with Crippen LogP contribution in [-0.4, -0.2) is 44.3 Å². The fourth-order valence-electron chi connectivity index (χ4n) is 3.46. The van der Waals surface area contributed by atoms with E-state index >= 15 is 0 Å². The number of aromatic nitrogens is 4. The highest BCUT2D eigenvalue weighted by molar-refractivity contribution is 5.99. The van der Waals surface area contributed by atoms with Crippen LogP contribution < -0.4 is 20.1 Å². The summed E-state index contributed by atoms with van der Waals surface area (Å²) in [5, 5.41) is 3.85. The fourth-order valence-corrected chi connectivity index (χ4v) is 3.46. The Hall–Kier alpha value is -3.43. The van der Waals surface area contributed by atoms with Crippen molar-refractivity contribution in [3.63, 3.8) is 0 Å². The van der Waals surface area contributed by atoms with Gasteiger partial charge in [-0.05, 0) is 24.8 Å². The Kier molecular flexibility index (Phi) is 4.41. The minimum Gasteiger partial charge on any atom is -0.479 e. The SMILES string of the molecule is Cn1nc2c(F)cc(N3CC[C@@H](Oc4ccc(OCC5CC5)nc4)C3=O)cn2c1=O.